The number of hydrogen-bond acceptors (Lipinski definition) is 4. The van der Waals surface area contributed by atoms with E-state index in [-0.39, 0.29) is 5.78 Å². The molecule has 0 unspecified atom stereocenters. The van der Waals surface area contributed by atoms with E-state index in [1.54, 1.807) is 51.5 Å². The van der Waals surface area contributed by atoms with Gasteiger partial charge in [-0.3, -0.25) is 4.79 Å². The molecule has 0 aliphatic carbocycles. The topological polar surface area (TPSA) is 44.8 Å². The van der Waals surface area contributed by atoms with Gasteiger partial charge in [0, 0.05) is 5.56 Å². The average Bonchev–Trinajstić information content (AvgIpc) is 2.59. The molecule has 130 valence electrons. The third-order valence-electron chi connectivity index (χ3n) is 3.61. The molecule has 0 saturated carbocycles. The van der Waals surface area contributed by atoms with Gasteiger partial charge in [-0.15, -0.1) is 0 Å². The van der Waals surface area contributed by atoms with Gasteiger partial charge in [0.25, 0.3) is 0 Å². The molecule has 0 saturated heterocycles. The maximum atomic E-state index is 12.4. The molecule has 4 nitrogen and oxygen atoms in total. The van der Waals surface area contributed by atoms with Crippen LogP contribution in [0, 0.1) is 6.92 Å². The molecule has 0 aliphatic rings. The highest BCUT2D eigenvalue weighted by molar-refractivity contribution is 6.07. The number of carbonyl (C=O) groups is 1. The van der Waals surface area contributed by atoms with Crippen LogP contribution in [0.4, 0.5) is 0 Å². The van der Waals surface area contributed by atoms with Crippen molar-refractivity contribution in [2.75, 3.05) is 14.2 Å². The normalized spacial score (nSPS) is 10.6. The fourth-order valence-corrected chi connectivity index (χ4v) is 2.44. The Bertz CT molecular complexity index is 801. The van der Waals surface area contributed by atoms with Crippen molar-refractivity contribution in [2.24, 2.45) is 0 Å². The molecule has 0 atom stereocenters. The summed E-state index contributed by atoms with van der Waals surface area (Å²) in [5, 5.41) is 0. The minimum atomic E-state index is -0.118. The van der Waals surface area contributed by atoms with E-state index in [2.05, 4.69) is 6.58 Å². The zero-order valence-corrected chi connectivity index (χ0v) is 15.0. The van der Waals surface area contributed by atoms with Gasteiger partial charge < -0.3 is 14.2 Å². The first kappa shape index (κ1) is 18.3. The molecular formula is C21H22O4. The van der Waals surface area contributed by atoms with Crippen LogP contribution in [0.5, 0.6) is 17.2 Å². The molecule has 0 amide bonds. The van der Waals surface area contributed by atoms with E-state index in [9.17, 15) is 4.79 Å². The number of hydrogen-bond donors (Lipinski definition) is 0. The van der Waals surface area contributed by atoms with Crippen molar-refractivity contribution in [3.63, 3.8) is 0 Å². The SMILES string of the molecule is C=C(C)Oc1ccc(C(=O)/C=C/c2c(OC)ccc(C)c2OC)cc1. The number of ether oxygens (including phenoxy) is 3. The maximum absolute atomic E-state index is 12.4. The van der Waals surface area contributed by atoms with E-state index in [4.69, 9.17) is 14.2 Å². The van der Waals surface area contributed by atoms with Crippen LogP contribution in [0.1, 0.15) is 28.4 Å². The van der Waals surface area contributed by atoms with E-state index in [0.29, 0.717) is 28.6 Å². The summed E-state index contributed by atoms with van der Waals surface area (Å²) in [7, 11) is 3.19. The van der Waals surface area contributed by atoms with Crippen molar-refractivity contribution >= 4 is 11.9 Å². The lowest BCUT2D eigenvalue weighted by Gasteiger charge is -2.12. The quantitative estimate of drug-likeness (QED) is 0.412. The standard InChI is InChI=1S/C21H22O4/c1-14(2)25-17-9-7-16(8-10-17)19(22)12-11-18-20(23-4)13-6-15(3)21(18)24-5/h6-13H,1H2,2-5H3/b12-11+. The summed E-state index contributed by atoms with van der Waals surface area (Å²) in [6.45, 7) is 7.40. The van der Waals surface area contributed by atoms with E-state index < -0.39 is 0 Å². The molecule has 0 fully saturated rings. The molecule has 2 aromatic carbocycles. The molecule has 2 rings (SSSR count). The number of ketones is 1. The predicted octanol–water partition coefficient (Wildman–Crippen LogP) is 4.82. The Kier molecular flexibility index (Phi) is 6.01. The van der Waals surface area contributed by atoms with Crippen LogP contribution < -0.4 is 14.2 Å². The zero-order chi connectivity index (χ0) is 18.4. The molecule has 0 N–H and O–H groups in total. The Morgan fingerprint density at radius 2 is 1.72 bits per heavy atom. The monoisotopic (exact) mass is 338 g/mol. The van der Waals surface area contributed by atoms with Gasteiger partial charge >= 0.3 is 0 Å². The van der Waals surface area contributed by atoms with E-state index in [0.717, 1.165) is 11.1 Å². The predicted molar refractivity (Wildman–Crippen MR) is 99.5 cm³/mol. The number of benzene rings is 2. The second kappa shape index (κ2) is 8.20. The summed E-state index contributed by atoms with van der Waals surface area (Å²) < 4.78 is 16.2. The molecule has 0 aliphatic heterocycles. The second-order valence-electron chi connectivity index (χ2n) is 5.56. The fraction of sp³-hybridized carbons (Fsp3) is 0.190. The first-order valence-electron chi connectivity index (χ1n) is 7.83. The van der Waals surface area contributed by atoms with Gasteiger partial charge in [0.2, 0.25) is 0 Å². The van der Waals surface area contributed by atoms with Gasteiger partial charge in [-0.2, -0.15) is 0 Å². The van der Waals surface area contributed by atoms with Crippen molar-refractivity contribution in [3.8, 4) is 17.2 Å². The fourth-order valence-electron chi connectivity index (χ4n) is 2.44. The van der Waals surface area contributed by atoms with Crippen molar-refractivity contribution in [2.45, 2.75) is 13.8 Å². The van der Waals surface area contributed by atoms with Crippen LogP contribution in [0.15, 0.2) is 54.8 Å². The number of rotatable bonds is 7. The lowest BCUT2D eigenvalue weighted by molar-refractivity contribution is 0.104. The Morgan fingerprint density at radius 1 is 1.04 bits per heavy atom. The van der Waals surface area contributed by atoms with Crippen molar-refractivity contribution < 1.29 is 19.0 Å². The maximum Gasteiger partial charge on any atom is 0.185 e. The molecular weight excluding hydrogens is 316 g/mol. The third kappa shape index (κ3) is 4.51. The summed E-state index contributed by atoms with van der Waals surface area (Å²) >= 11 is 0. The molecule has 25 heavy (non-hydrogen) atoms. The lowest BCUT2D eigenvalue weighted by Crippen LogP contribution is -1.97. The van der Waals surface area contributed by atoms with Gasteiger partial charge in [-0.1, -0.05) is 12.6 Å². The van der Waals surface area contributed by atoms with E-state index in [1.165, 1.54) is 6.08 Å². The highest BCUT2D eigenvalue weighted by atomic mass is 16.5. The van der Waals surface area contributed by atoms with Gasteiger partial charge in [0.15, 0.2) is 5.78 Å². The number of allylic oxidation sites excluding steroid dienone is 2. The number of aryl methyl sites for hydroxylation is 1. The Hall–Kier alpha value is -3.01. The summed E-state index contributed by atoms with van der Waals surface area (Å²) in [6.07, 6.45) is 3.22. The Morgan fingerprint density at radius 3 is 2.28 bits per heavy atom. The van der Waals surface area contributed by atoms with Gasteiger partial charge in [-0.25, -0.2) is 0 Å². The van der Waals surface area contributed by atoms with Crippen LogP contribution in [0.2, 0.25) is 0 Å². The lowest BCUT2D eigenvalue weighted by atomic mass is 10.1. The largest absolute Gasteiger partial charge is 0.496 e. The highest BCUT2D eigenvalue weighted by Crippen LogP contribution is 2.33. The zero-order valence-electron chi connectivity index (χ0n) is 15.0. The first-order chi connectivity index (χ1) is 12.0. The summed E-state index contributed by atoms with van der Waals surface area (Å²) in [4.78, 5) is 12.4. The van der Waals surface area contributed by atoms with Crippen LogP contribution in [0.25, 0.3) is 6.08 Å². The molecule has 0 spiro atoms. The van der Waals surface area contributed by atoms with Crippen molar-refractivity contribution in [1.29, 1.82) is 0 Å². The molecule has 4 heteroatoms. The highest BCUT2D eigenvalue weighted by Gasteiger charge is 2.11. The summed E-state index contributed by atoms with van der Waals surface area (Å²) in [6, 6.07) is 10.7. The van der Waals surface area contributed by atoms with Crippen molar-refractivity contribution in [3.05, 3.63) is 71.5 Å². The minimum absolute atomic E-state index is 0.118. The van der Waals surface area contributed by atoms with Gasteiger partial charge in [0.1, 0.15) is 17.2 Å². The second-order valence-corrected chi connectivity index (χ2v) is 5.56. The number of methoxy groups -OCH3 is 2. The molecule has 2 aromatic rings. The summed E-state index contributed by atoms with van der Waals surface area (Å²) in [5.74, 6) is 2.46. The molecule has 0 aromatic heterocycles. The molecule has 0 radical (unpaired) electrons. The Labute approximate surface area is 148 Å². The first-order valence-corrected chi connectivity index (χ1v) is 7.83. The van der Waals surface area contributed by atoms with Crippen LogP contribution in [-0.4, -0.2) is 20.0 Å². The van der Waals surface area contributed by atoms with Crippen molar-refractivity contribution in [1.82, 2.24) is 0 Å². The number of carbonyl (C=O) groups excluding carboxylic acids is 1. The third-order valence-corrected chi connectivity index (χ3v) is 3.61. The van der Waals surface area contributed by atoms with Crippen LogP contribution >= 0.6 is 0 Å². The molecule has 0 heterocycles. The summed E-state index contributed by atoms with van der Waals surface area (Å²) in [5.41, 5.74) is 2.27. The van der Waals surface area contributed by atoms with E-state index in [1.807, 2.05) is 19.1 Å². The molecule has 0 bridgehead atoms. The average molecular weight is 338 g/mol. The minimum Gasteiger partial charge on any atom is -0.496 e. The Balaban J connectivity index is 2.26. The van der Waals surface area contributed by atoms with Gasteiger partial charge in [-0.05, 0) is 61.9 Å². The van der Waals surface area contributed by atoms with Crippen LogP contribution in [0.3, 0.4) is 0 Å². The van der Waals surface area contributed by atoms with Gasteiger partial charge in [0.05, 0.1) is 25.5 Å². The smallest absolute Gasteiger partial charge is 0.185 e. The van der Waals surface area contributed by atoms with E-state index >= 15 is 0 Å². The van der Waals surface area contributed by atoms with Crippen LogP contribution in [-0.2, 0) is 0 Å².